The summed E-state index contributed by atoms with van der Waals surface area (Å²) in [5, 5.41) is 40.4. The Labute approximate surface area is 296 Å². The molecule has 4 rings (SSSR count). The average Bonchev–Trinajstić information content (AvgIpc) is 3.38. The summed E-state index contributed by atoms with van der Waals surface area (Å²) < 4.78 is 16.6. The average molecular weight is 713 g/mol. The highest BCUT2D eigenvalue weighted by molar-refractivity contribution is 5.92. The van der Waals surface area contributed by atoms with Gasteiger partial charge in [0.1, 0.15) is 48.6 Å². The maximum atomic E-state index is 13.6. The number of rotatable bonds is 12. The first kappa shape index (κ1) is 39.2. The molecular formula is C36H48N4O11. The molecule has 1 aliphatic heterocycles. The number of benzene rings is 2. The fraction of sp³-hybridized carbons (Fsp3) is 0.528. The van der Waals surface area contributed by atoms with E-state index in [-0.39, 0.29) is 12.5 Å². The van der Waals surface area contributed by atoms with Crippen molar-refractivity contribution in [3.63, 3.8) is 0 Å². The van der Waals surface area contributed by atoms with Crippen LogP contribution in [-0.4, -0.2) is 107 Å². The molecule has 7 atom stereocenters. The van der Waals surface area contributed by atoms with Crippen molar-refractivity contribution in [1.29, 1.82) is 0 Å². The van der Waals surface area contributed by atoms with E-state index in [1.165, 1.54) is 0 Å². The second-order valence-electron chi connectivity index (χ2n) is 14.0. The zero-order valence-electron chi connectivity index (χ0n) is 29.5. The molecule has 2 aliphatic rings. The smallest absolute Gasteiger partial charge is 0.407 e. The van der Waals surface area contributed by atoms with Crippen molar-refractivity contribution in [1.82, 2.24) is 21.3 Å². The lowest BCUT2D eigenvalue weighted by Crippen LogP contribution is -2.68. The van der Waals surface area contributed by atoms with Crippen LogP contribution in [-0.2, 0) is 33.4 Å². The highest BCUT2D eigenvalue weighted by Crippen LogP contribution is 2.44. The van der Waals surface area contributed by atoms with E-state index in [4.69, 9.17) is 14.2 Å². The molecule has 0 radical (unpaired) electrons. The number of nitrogens with one attached hydrogen (secondary N) is 4. The molecule has 4 amide bonds. The predicted octanol–water partition coefficient (Wildman–Crippen LogP) is 0.826. The summed E-state index contributed by atoms with van der Waals surface area (Å²) in [6, 6.07) is 11.7. The summed E-state index contributed by atoms with van der Waals surface area (Å²) in [6.45, 7) is 8.65. The van der Waals surface area contributed by atoms with Gasteiger partial charge in [-0.25, -0.2) is 9.59 Å². The molecule has 7 N–H and O–H groups in total. The SMILES string of the molecule is CC(=O)N[C@@H]1[C@@H](O)[C@H](O)[C@@H](CO)O[C@H]1NC(=O)C[C@H](NC(=O)[C@@H](NC(=O)OCC1c2ccccc2-c2ccccc21)C(C)C)C(=O)OC(C)(C)C. The van der Waals surface area contributed by atoms with Crippen molar-refractivity contribution in [3.8, 4) is 11.1 Å². The van der Waals surface area contributed by atoms with E-state index in [1.807, 2.05) is 48.5 Å². The van der Waals surface area contributed by atoms with Crippen LogP contribution >= 0.6 is 0 Å². The lowest BCUT2D eigenvalue weighted by molar-refractivity contribution is -0.203. The molecule has 1 fully saturated rings. The van der Waals surface area contributed by atoms with Crippen LogP contribution in [0.3, 0.4) is 0 Å². The van der Waals surface area contributed by atoms with Crippen molar-refractivity contribution in [2.24, 2.45) is 5.92 Å². The topological polar surface area (TPSA) is 222 Å². The zero-order chi connectivity index (χ0) is 37.6. The summed E-state index contributed by atoms with van der Waals surface area (Å²) in [5.41, 5.74) is 3.15. The molecule has 2 aromatic carbocycles. The molecule has 2 aromatic rings. The van der Waals surface area contributed by atoms with Gasteiger partial charge in [0.05, 0.1) is 13.0 Å². The van der Waals surface area contributed by atoms with Gasteiger partial charge in [-0.05, 0) is 48.9 Å². The Balaban J connectivity index is 1.45. The van der Waals surface area contributed by atoms with Gasteiger partial charge in [-0.1, -0.05) is 62.4 Å². The first-order valence-corrected chi connectivity index (χ1v) is 16.8. The van der Waals surface area contributed by atoms with Crippen LogP contribution in [0.2, 0.25) is 0 Å². The van der Waals surface area contributed by atoms with Crippen molar-refractivity contribution < 1.29 is 53.5 Å². The number of aliphatic hydroxyl groups excluding tert-OH is 3. The van der Waals surface area contributed by atoms with Gasteiger partial charge in [-0.15, -0.1) is 0 Å². The molecule has 1 heterocycles. The van der Waals surface area contributed by atoms with Crippen molar-refractivity contribution in [2.75, 3.05) is 13.2 Å². The third-order valence-corrected chi connectivity index (χ3v) is 8.56. The summed E-state index contributed by atoms with van der Waals surface area (Å²) in [5.74, 6) is -3.88. The van der Waals surface area contributed by atoms with E-state index in [1.54, 1.807) is 34.6 Å². The standard InChI is InChI=1S/C36H48N4O11/c1-18(2)28(40-35(48)49-17-24-22-13-9-7-11-20(22)21-12-8-10-14-23(21)24)32(46)38-25(34(47)51-36(4,5)6)15-27(43)39-33-29(37-19(3)42)31(45)30(44)26(16-41)50-33/h7-14,18,24-26,28-31,33,41,44-45H,15-17H2,1-6H3,(H,37,42)(H,38,46)(H,39,43)(H,40,48)/t25-,26+,28-,29+,30+,31+,33+/m0/s1. The van der Waals surface area contributed by atoms with Gasteiger partial charge >= 0.3 is 12.1 Å². The normalized spacial score (nSPS) is 22.5. The van der Waals surface area contributed by atoms with E-state index in [9.17, 15) is 39.3 Å². The minimum Gasteiger partial charge on any atom is -0.458 e. The Kier molecular flexibility index (Phi) is 12.8. The number of ether oxygens (including phenoxy) is 3. The number of hydrogen-bond acceptors (Lipinski definition) is 11. The number of amides is 4. The third-order valence-electron chi connectivity index (χ3n) is 8.56. The fourth-order valence-electron chi connectivity index (χ4n) is 6.17. The Morgan fingerprint density at radius 3 is 2.00 bits per heavy atom. The van der Waals surface area contributed by atoms with Gasteiger partial charge in [-0.3, -0.25) is 14.4 Å². The molecule has 0 spiro atoms. The quantitative estimate of drug-likeness (QED) is 0.153. The number of fused-ring (bicyclic) bond motifs is 3. The van der Waals surface area contributed by atoms with E-state index < -0.39 is 97.0 Å². The van der Waals surface area contributed by atoms with Gasteiger partial charge < -0.3 is 50.8 Å². The number of carbonyl (C=O) groups excluding carboxylic acids is 5. The van der Waals surface area contributed by atoms with Crippen molar-refractivity contribution >= 4 is 29.8 Å². The Morgan fingerprint density at radius 1 is 0.882 bits per heavy atom. The van der Waals surface area contributed by atoms with Gasteiger partial charge in [0.25, 0.3) is 0 Å². The minimum atomic E-state index is -1.62. The Morgan fingerprint density at radius 2 is 1.47 bits per heavy atom. The number of esters is 1. The molecule has 1 saturated heterocycles. The fourth-order valence-corrected chi connectivity index (χ4v) is 6.17. The number of hydrogen-bond donors (Lipinski definition) is 7. The van der Waals surface area contributed by atoms with Gasteiger partial charge in [0.2, 0.25) is 17.7 Å². The van der Waals surface area contributed by atoms with E-state index in [2.05, 4.69) is 21.3 Å². The largest absolute Gasteiger partial charge is 0.458 e. The maximum Gasteiger partial charge on any atom is 0.407 e. The molecular weight excluding hydrogens is 664 g/mol. The minimum absolute atomic E-state index is 0.0125. The monoisotopic (exact) mass is 712 g/mol. The molecule has 278 valence electrons. The maximum absolute atomic E-state index is 13.6. The van der Waals surface area contributed by atoms with Gasteiger partial charge in [0.15, 0.2) is 6.23 Å². The molecule has 0 aromatic heterocycles. The van der Waals surface area contributed by atoms with Crippen LogP contribution in [0.25, 0.3) is 11.1 Å². The molecule has 1 aliphatic carbocycles. The zero-order valence-corrected chi connectivity index (χ0v) is 29.5. The number of carbonyl (C=O) groups is 5. The van der Waals surface area contributed by atoms with Gasteiger partial charge in [0, 0.05) is 12.8 Å². The first-order valence-electron chi connectivity index (χ1n) is 16.8. The summed E-state index contributed by atoms with van der Waals surface area (Å²) in [7, 11) is 0. The van der Waals surface area contributed by atoms with Crippen molar-refractivity contribution in [2.45, 2.75) is 102 Å². The van der Waals surface area contributed by atoms with Crippen LogP contribution in [0.4, 0.5) is 4.79 Å². The number of aliphatic hydroxyl groups is 3. The molecule has 0 saturated carbocycles. The highest BCUT2D eigenvalue weighted by Gasteiger charge is 2.45. The van der Waals surface area contributed by atoms with Crippen LogP contribution in [0.1, 0.15) is 65.0 Å². The lowest BCUT2D eigenvalue weighted by atomic mass is 9.95. The molecule has 0 unspecified atom stereocenters. The van der Waals surface area contributed by atoms with E-state index in [0.717, 1.165) is 29.2 Å². The van der Waals surface area contributed by atoms with Crippen molar-refractivity contribution in [3.05, 3.63) is 59.7 Å². The number of alkyl carbamates (subject to hydrolysis) is 1. The first-order chi connectivity index (χ1) is 24.0. The molecule has 15 heteroatoms. The highest BCUT2D eigenvalue weighted by atomic mass is 16.6. The molecule has 51 heavy (non-hydrogen) atoms. The van der Waals surface area contributed by atoms with E-state index in [0.29, 0.717) is 0 Å². The van der Waals surface area contributed by atoms with Gasteiger partial charge in [-0.2, -0.15) is 0 Å². The van der Waals surface area contributed by atoms with E-state index >= 15 is 0 Å². The van der Waals surface area contributed by atoms with Crippen LogP contribution in [0.15, 0.2) is 48.5 Å². The molecule has 15 nitrogen and oxygen atoms in total. The Hall–Kier alpha value is -4.57. The Bertz CT molecular complexity index is 1550. The van der Waals surface area contributed by atoms with Crippen LogP contribution < -0.4 is 21.3 Å². The second-order valence-corrected chi connectivity index (χ2v) is 14.0. The lowest BCUT2D eigenvalue weighted by Gasteiger charge is -2.42. The summed E-state index contributed by atoms with van der Waals surface area (Å²) in [6.07, 6.45) is -7.45. The second kappa shape index (κ2) is 16.6. The summed E-state index contributed by atoms with van der Waals surface area (Å²) in [4.78, 5) is 65.1. The van der Waals surface area contributed by atoms with Crippen LogP contribution in [0.5, 0.6) is 0 Å². The molecule has 0 bridgehead atoms. The predicted molar refractivity (Wildman–Crippen MR) is 183 cm³/mol. The summed E-state index contributed by atoms with van der Waals surface area (Å²) >= 11 is 0. The van der Waals surface area contributed by atoms with Crippen LogP contribution in [0, 0.1) is 5.92 Å². The third kappa shape index (κ3) is 9.82.